The Balaban J connectivity index is 2.31. The zero-order valence-electron chi connectivity index (χ0n) is 8.44. The van der Waals surface area contributed by atoms with Crippen LogP contribution in [0.5, 0.6) is 0 Å². The Morgan fingerprint density at radius 3 is 2.81 bits per heavy atom. The summed E-state index contributed by atoms with van der Waals surface area (Å²) >= 11 is 6.17. The summed E-state index contributed by atoms with van der Waals surface area (Å²) in [5.41, 5.74) is 6.18. The molecule has 2 aromatic heterocycles. The van der Waals surface area contributed by atoms with E-state index >= 15 is 0 Å². The second-order valence-electron chi connectivity index (χ2n) is 3.29. The number of aromatic nitrogens is 1. The standard InChI is InChI=1S/C10H9BrN2OS2/c1-5(12)10-13-7(4-16-10)8(14)9-6(11)2-3-15-9/h2-5H,12H2,1H3. The highest BCUT2D eigenvalue weighted by Crippen LogP contribution is 2.26. The van der Waals surface area contributed by atoms with Gasteiger partial charge in [0.15, 0.2) is 0 Å². The highest BCUT2D eigenvalue weighted by molar-refractivity contribution is 9.10. The number of nitrogens with zero attached hydrogens (tertiary/aromatic N) is 1. The van der Waals surface area contributed by atoms with Gasteiger partial charge in [0.05, 0.1) is 10.9 Å². The van der Waals surface area contributed by atoms with E-state index in [-0.39, 0.29) is 11.8 Å². The fourth-order valence-corrected chi connectivity index (χ4v) is 3.43. The van der Waals surface area contributed by atoms with Crippen LogP contribution in [0.15, 0.2) is 21.3 Å². The van der Waals surface area contributed by atoms with Crippen LogP contribution in [0.2, 0.25) is 0 Å². The summed E-state index contributed by atoms with van der Waals surface area (Å²) in [6, 6.07) is 1.73. The molecule has 2 rings (SSSR count). The first kappa shape index (κ1) is 11.9. The maximum Gasteiger partial charge on any atom is 0.223 e. The number of carbonyl (C=O) groups excluding carboxylic acids is 1. The van der Waals surface area contributed by atoms with Gasteiger partial charge in [-0.25, -0.2) is 4.98 Å². The highest BCUT2D eigenvalue weighted by atomic mass is 79.9. The maximum atomic E-state index is 12.0. The van der Waals surface area contributed by atoms with Crippen molar-refractivity contribution in [3.8, 4) is 0 Å². The average Bonchev–Trinajstić information content (AvgIpc) is 2.84. The van der Waals surface area contributed by atoms with E-state index in [0.717, 1.165) is 9.48 Å². The van der Waals surface area contributed by atoms with E-state index in [2.05, 4.69) is 20.9 Å². The molecular formula is C10H9BrN2OS2. The predicted molar refractivity (Wildman–Crippen MR) is 70.2 cm³/mol. The zero-order chi connectivity index (χ0) is 11.7. The number of ketones is 1. The van der Waals surface area contributed by atoms with Gasteiger partial charge in [-0.1, -0.05) is 0 Å². The van der Waals surface area contributed by atoms with Gasteiger partial charge in [0, 0.05) is 9.85 Å². The first-order valence-corrected chi connectivity index (χ1v) is 7.13. The van der Waals surface area contributed by atoms with Crippen LogP contribution < -0.4 is 5.73 Å². The minimum atomic E-state index is -0.127. The number of halogens is 1. The Morgan fingerprint density at radius 1 is 1.56 bits per heavy atom. The van der Waals surface area contributed by atoms with Gasteiger partial charge in [-0.05, 0) is 34.3 Å². The Bertz CT molecular complexity index is 518. The van der Waals surface area contributed by atoms with Crippen LogP contribution in [-0.2, 0) is 0 Å². The molecule has 0 amide bonds. The normalized spacial score (nSPS) is 12.7. The summed E-state index contributed by atoms with van der Waals surface area (Å²) in [4.78, 5) is 17.0. The van der Waals surface area contributed by atoms with E-state index in [1.54, 1.807) is 5.38 Å². The molecule has 2 N–H and O–H groups in total. The highest BCUT2D eigenvalue weighted by Gasteiger charge is 2.17. The van der Waals surface area contributed by atoms with Crippen molar-refractivity contribution in [1.29, 1.82) is 0 Å². The van der Waals surface area contributed by atoms with Crippen LogP contribution >= 0.6 is 38.6 Å². The van der Waals surface area contributed by atoms with Crippen LogP contribution in [-0.4, -0.2) is 10.8 Å². The lowest BCUT2D eigenvalue weighted by molar-refractivity contribution is 0.103. The topological polar surface area (TPSA) is 56.0 Å². The molecule has 0 fully saturated rings. The maximum absolute atomic E-state index is 12.0. The first-order chi connectivity index (χ1) is 7.59. The van der Waals surface area contributed by atoms with E-state index in [0.29, 0.717) is 10.6 Å². The van der Waals surface area contributed by atoms with Gasteiger partial charge >= 0.3 is 0 Å². The molecule has 6 heteroatoms. The summed E-state index contributed by atoms with van der Waals surface area (Å²) in [7, 11) is 0. The third kappa shape index (κ3) is 2.24. The van der Waals surface area contributed by atoms with Crippen LogP contribution in [0.25, 0.3) is 0 Å². The van der Waals surface area contributed by atoms with Crippen molar-refractivity contribution in [3.63, 3.8) is 0 Å². The van der Waals surface area contributed by atoms with E-state index in [1.807, 2.05) is 18.4 Å². The van der Waals surface area contributed by atoms with Gasteiger partial charge in [-0.3, -0.25) is 4.79 Å². The van der Waals surface area contributed by atoms with E-state index < -0.39 is 0 Å². The molecule has 0 aliphatic rings. The first-order valence-electron chi connectivity index (χ1n) is 4.58. The monoisotopic (exact) mass is 316 g/mol. The quantitative estimate of drug-likeness (QED) is 0.884. The Hall–Kier alpha value is -0.560. The number of thiophene rings is 1. The average molecular weight is 317 g/mol. The molecule has 0 radical (unpaired) electrons. The van der Waals surface area contributed by atoms with E-state index in [1.165, 1.54) is 22.7 Å². The number of nitrogens with two attached hydrogens (primary N) is 1. The van der Waals surface area contributed by atoms with Crippen molar-refractivity contribution in [1.82, 2.24) is 4.98 Å². The van der Waals surface area contributed by atoms with Crippen molar-refractivity contribution in [3.05, 3.63) is 36.9 Å². The van der Waals surface area contributed by atoms with Crippen molar-refractivity contribution in [2.75, 3.05) is 0 Å². The third-order valence-electron chi connectivity index (χ3n) is 1.97. The lowest BCUT2D eigenvalue weighted by atomic mass is 10.2. The fourth-order valence-electron chi connectivity index (χ4n) is 1.17. The molecule has 0 bridgehead atoms. The van der Waals surface area contributed by atoms with Crippen molar-refractivity contribution >= 4 is 44.4 Å². The summed E-state index contributed by atoms with van der Waals surface area (Å²) in [5.74, 6) is -0.0509. The molecule has 1 unspecified atom stereocenters. The fraction of sp³-hybridized carbons (Fsp3) is 0.200. The largest absolute Gasteiger partial charge is 0.322 e. The molecule has 84 valence electrons. The van der Waals surface area contributed by atoms with Crippen LogP contribution in [0.3, 0.4) is 0 Å². The molecule has 0 saturated carbocycles. The predicted octanol–water partition coefficient (Wildman–Crippen LogP) is 3.22. The van der Waals surface area contributed by atoms with Crippen molar-refractivity contribution in [2.24, 2.45) is 5.73 Å². The molecule has 1 atom stereocenters. The minimum absolute atomic E-state index is 0.0509. The smallest absolute Gasteiger partial charge is 0.223 e. The van der Waals surface area contributed by atoms with Gasteiger partial charge in [-0.15, -0.1) is 22.7 Å². The van der Waals surface area contributed by atoms with Crippen molar-refractivity contribution in [2.45, 2.75) is 13.0 Å². The summed E-state index contributed by atoms with van der Waals surface area (Å²) in [5, 5.41) is 4.42. The van der Waals surface area contributed by atoms with Crippen LogP contribution in [0.4, 0.5) is 0 Å². The van der Waals surface area contributed by atoms with Crippen LogP contribution in [0.1, 0.15) is 33.3 Å². The zero-order valence-corrected chi connectivity index (χ0v) is 11.7. The summed E-state index contributed by atoms with van der Waals surface area (Å²) in [6.45, 7) is 1.86. The minimum Gasteiger partial charge on any atom is -0.322 e. The van der Waals surface area contributed by atoms with Gasteiger partial charge in [-0.2, -0.15) is 0 Å². The lowest BCUT2D eigenvalue weighted by Crippen LogP contribution is -2.06. The summed E-state index contributed by atoms with van der Waals surface area (Å²) < 4.78 is 0.817. The second-order valence-corrected chi connectivity index (χ2v) is 5.95. The number of rotatable bonds is 3. The van der Waals surface area contributed by atoms with Gasteiger partial charge in [0.1, 0.15) is 10.7 Å². The molecule has 16 heavy (non-hydrogen) atoms. The number of hydrogen-bond acceptors (Lipinski definition) is 5. The molecule has 0 aromatic carbocycles. The SMILES string of the molecule is CC(N)c1nc(C(=O)c2sccc2Br)cs1. The molecule has 2 aromatic rings. The molecule has 0 aliphatic heterocycles. The second kappa shape index (κ2) is 4.75. The molecule has 0 spiro atoms. The van der Waals surface area contributed by atoms with E-state index in [4.69, 9.17) is 5.73 Å². The Kier molecular flexibility index (Phi) is 3.53. The number of hydrogen-bond donors (Lipinski definition) is 1. The van der Waals surface area contributed by atoms with Gasteiger partial charge < -0.3 is 5.73 Å². The molecular weight excluding hydrogens is 308 g/mol. The van der Waals surface area contributed by atoms with Gasteiger partial charge in [0.2, 0.25) is 5.78 Å². The van der Waals surface area contributed by atoms with E-state index in [9.17, 15) is 4.79 Å². The summed E-state index contributed by atoms with van der Waals surface area (Å²) in [6.07, 6.45) is 0. The van der Waals surface area contributed by atoms with Crippen LogP contribution in [0, 0.1) is 0 Å². The molecule has 2 heterocycles. The number of carbonyl (C=O) groups is 1. The molecule has 0 aliphatic carbocycles. The lowest BCUT2D eigenvalue weighted by Gasteiger charge is -1.97. The Labute approximate surface area is 109 Å². The number of thiazole rings is 1. The molecule has 0 saturated heterocycles. The Morgan fingerprint density at radius 2 is 2.31 bits per heavy atom. The van der Waals surface area contributed by atoms with Crippen molar-refractivity contribution < 1.29 is 4.79 Å². The van der Waals surface area contributed by atoms with Gasteiger partial charge in [0.25, 0.3) is 0 Å². The molecule has 3 nitrogen and oxygen atoms in total. The third-order valence-corrected chi connectivity index (χ3v) is 4.85.